The van der Waals surface area contributed by atoms with Crippen LogP contribution in [0.5, 0.6) is 11.5 Å². The smallest absolute Gasteiger partial charge is 0.227 e. The number of hydrogen-bond donors (Lipinski definition) is 2. The minimum Gasteiger partial charge on any atom is -0.497 e. The van der Waals surface area contributed by atoms with Crippen LogP contribution in [-0.4, -0.2) is 45.2 Å². The molecule has 0 aromatic heterocycles. The van der Waals surface area contributed by atoms with Crippen LogP contribution in [0.2, 0.25) is 0 Å². The quantitative estimate of drug-likeness (QED) is 0.765. The van der Waals surface area contributed by atoms with Crippen molar-refractivity contribution in [2.24, 2.45) is 17.6 Å². The predicted octanol–water partition coefficient (Wildman–Crippen LogP) is 0.910. The van der Waals surface area contributed by atoms with Crippen LogP contribution in [0, 0.1) is 11.8 Å². The number of hydrogen-bond acceptors (Lipinski definition) is 5. The molecule has 1 aromatic carbocycles. The Bertz CT molecular complexity index is 637. The Hall–Kier alpha value is -2.28. The standard InChI is InChI=1S/C18H25N3O4/c1-24-14-6-13(7-15(8-14)25-2)21-10-12(5-17(21)22)18(23)20-16(9-19)11-3-4-11/h6-8,11-12,16H,3-5,9-10,19H2,1-2H3,(H,20,23). The van der Waals surface area contributed by atoms with E-state index < -0.39 is 0 Å². The number of amides is 2. The number of ether oxygens (including phenoxy) is 2. The highest BCUT2D eigenvalue weighted by atomic mass is 16.5. The lowest BCUT2D eigenvalue weighted by atomic mass is 10.1. The molecule has 1 aliphatic carbocycles. The lowest BCUT2D eigenvalue weighted by molar-refractivity contribution is -0.127. The number of carbonyl (C=O) groups is 2. The van der Waals surface area contributed by atoms with Gasteiger partial charge in [0.25, 0.3) is 0 Å². The summed E-state index contributed by atoms with van der Waals surface area (Å²) < 4.78 is 10.5. The molecule has 2 fully saturated rings. The van der Waals surface area contributed by atoms with Gasteiger partial charge in [-0.05, 0) is 18.8 Å². The summed E-state index contributed by atoms with van der Waals surface area (Å²) in [5.41, 5.74) is 6.43. The monoisotopic (exact) mass is 347 g/mol. The lowest BCUT2D eigenvalue weighted by Gasteiger charge is -2.20. The van der Waals surface area contributed by atoms with Crippen LogP contribution >= 0.6 is 0 Å². The van der Waals surface area contributed by atoms with Crippen molar-refractivity contribution in [3.63, 3.8) is 0 Å². The normalized spacial score (nSPS) is 21.2. The van der Waals surface area contributed by atoms with Crippen molar-refractivity contribution in [1.29, 1.82) is 0 Å². The number of rotatable bonds is 7. The molecule has 3 rings (SSSR count). The topological polar surface area (TPSA) is 93.9 Å². The van der Waals surface area contributed by atoms with E-state index in [1.54, 1.807) is 37.3 Å². The summed E-state index contributed by atoms with van der Waals surface area (Å²) in [5.74, 6) is 1.17. The summed E-state index contributed by atoms with van der Waals surface area (Å²) in [6.45, 7) is 0.789. The minimum atomic E-state index is -0.363. The number of anilines is 1. The number of benzene rings is 1. The highest BCUT2D eigenvalue weighted by Gasteiger charge is 2.38. The van der Waals surface area contributed by atoms with Crippen LogP contribution in [0.25, 0.3) is 0 Å². The van der Waals surface area contributed by atoms with Gasteiger partial charge in [0, 0.05) is 43.8 Å². The first-order valence-corrected chi connectivity index (χ1v) is 8.59. The first kappa shape index (κ1) is 17.5. The van der Waals surface area contributed by atoms with E-state index in [9.17, 15) is 9.59 Å². The number of methoxy groups -OCH3 is 2. The Kier molecular flexibility index (Phi) is 5.13. The van der Waals surface area contributed by atoms with Crippen LogP contribution in [0.3, 0.4) is 0 Å². The summed E-state index contributed by atoms with van der Waals surface area (Å²) in [6, 6.07) is 5.31. The molecule has 1 aromatic rings. The molecule has 7 heteroatoms. The first-order chi connectivity index (χ1) is 12.0. The van der Waals surface area contributed by atoms with E-state index in [1.807, 2.05) is 0 Å². The molecule has 1 saturated heterocycles. The fraction of sp³-hybridized carbons (Fsp3) is 0.556. The van der Waals surface area contributed by atoms with Gasteiger partial charge in [-0.25, -0.2) is 0 Å². The maximum atomic E-state index is 12.5. The third-order valence-corrected chi connectivity index (χ3v) is 4.92. The highest BCUT2D eigenvalue weighted by Crippen LogP contribution is 2.34. The molecule has 0 bridgehead atoms. The van der Waals surface area contributed by atoms with Gasteiger partial charge in [0.05, 0.1) is 25.8 Å². The molecule has 2 amide bonds. The number of nitrogens with zero attached hydrogens (tertiary/aromatic N) is 1. The van der Waals surface area contributed by atoms with E-state index in [1.165, 1.54) is 0 Å². The van der Waals surface area contributed by atoms with Crippen LogP contribution in [0.1, 0.15) is 19.3 Å². The molecule has 136 valence electrons. The Morgan fingerprint density at radius 1 is 1.28 bits per heavy atom. The van der Waals surface area contributed by atoms with Gasteiger partial charge in [0.2, 0.25) is 11.8 Å². The third-order valence-electron chi connectivity index (χ3n) is 4.92. The molecule has 3 N–H and O–H groups in total. The largest absolute Gasteiger partial charge is 0.497 e. The van der Waals surface area contributed by atoms with E-state index in [4.69, 9.17) is 15.2 Å². The van der Waals surface area contributed by atoms with E-state index in [0.29, 0.717) is 36.2 Å². The van der Waals surface area contributed by atoms with Gasteiger partial charge in [-0.3, -0.25) is 9.59 Å². The van der Waals surface area contributed by atoms with Gasteiger partial charge in [-0.1, -0.05) is 0 Å². The fourth-order valence-corrected chi connectivity index (χ4v) is 3.25. The van der Waals surface area contributed by atoms with E-state index in [-0.39, 0.29) is 30.2 Å². The van der Waals surface area contributed by atoms with Crippen molar-refractivity contribution in [2.75, 3.05) is 32.2 Å². The maximum Gasteiger partial charge on any atom is 0.227 e. The zero-order valence-electron chi connectivity index (χ0n) is 14.7. The van der Waals surface area contributed by atoms with Crippen LogP contribution in [-0.2, 0) is 9.59 Å². The van der Waals surface area contributed by atoms with Crippen LogP contribution < -0.4 is 25.4 Å². The fourth-order valence-electron chi connectivity index (χ4n) is 3.25. The van der Waals surface area contributed by atoms with Gasteiger partial charge in [-0.15, -0.1) is 0 Å². The van der Waals surface area contributed by atoms with Crippen molar-refractivity contribution in [2.45, 2.75) is 25.3 Å². The van der Waals surface area contributed by atoms with Crippen molar-refractivity contribution >= 4 is 17.5 Å². The molecule has 0 radical (unpaired) electrons. The molecule has 2 aliphatic rings. The lowest BCUT2D eigenvalue weighted by Crippen LogP contribution is -2.45. The van der Waals surface area contributed by atoms with Gasteiger partial charge < -0.3 is 25.4 Å². The molecule has 1 saturated carbocycles. The molecule has 1 heterocycles. The van der Waals surface area contributed by atoms with E-state index >= 15 is 0 Å². The summed E-state index contributed by atoms with van der Waals surface area (Å²) >= 11 is 0. The molecule has 7 nitrogen and oxygen atoms in total. The second-order valence-electron chi connectivity index (χ2n) is 6.66. The van der Waals surface area contributed by atoms with E-state index in [2.05, 4.69) is 5.32 Å². The molecule has 2 atom stereocenters. The summed E-state index contributed by atoms with van der Waals surface area (Å²) in [4.78, 5) is 26.6. The molecule has 1 aliphatic heterocycles. The van der Waals surface area contributed by atoms with Gasteiger partial charge >= 0.3 is 0 Å². The number of carbonyl (C=O) groups excluding carboxylic acids is 2. The highest BCUT2D eigenvalue weighted by molar-refractivity contribution is 6.00. The van der Waals surface area contributed by atoms with Crippen molar-refractivity contribution in [3.8, 4) is 11.5 Å². The van der Waals surface area contributed by atoms with Crippen LogP contribution in [0.15, 0.2) is 18.2 Å². The Morgan fingerprint density at radius 3 is 2.44 bits per heavy atom. The number of nitrogens with two attached hydrogens (primary N) is 1. The maximum absolute atomic E-state index is 12.5. The minimum absolute atomic E-state index is 0.0218. The number of nitrogens with one attached hydrogen (secondary N) is 1. The summed E-state index contributed by atoms with van der Waals surface area (Å²) in [5, 5.41) is 3.02. The molecule has 2 unspecified atom stereocenters. The van der Waals surface area contributed by atoms with Crippen LogP contribution in [0.4, 0.5) is 5.69 Å². The average molecular weight is 347 g/mol. The Labute approximate surface area is 147 Å². The van der Waals surface area contributed by atoms with Gasteiger partial charge in [-0.2, -0.15) is 0 Å². The molecule has 25 heavy (non-hydrogen) atoms. The van der Waals surface area contributed by atoms with Gasteiger partial charge in [0.1, 0.15) is 11.5 Å². The first-order valence-electron chi connectivity index (χ1n) is 8.59. The summed E-state index contributed by atoms with van der Waals surface area (Å²) in [6.07, 6.45) is 2.43. The van der Waals surface area contributed by atoms with Crippen molar-refractivity contribution < 1.29 is 19.1 Å². The van der Waals surface area contributed by atoms with Gasteiger partial charge in [0.15, 0.2) is 0 Å². The zero-order valence-corrected chi connectivity index (χ0v) is 14.7. The Morgan fingerprint density at radius 2 is 1.92 bits per heavy atom. The predicted molar refractivity (Wildman–Crippen MR) is 93.7 cm³/mol. The third kappa shape index (κ3) is 3.87. The molecular formula is C18H25N3O4. The second-order valence-corrected chi connectivity index (χ2v) is 6.66. The van der Waals surface area contributed by atoms with Crippen molar-refractivity contribution in [3.05, 3.63) is 18.2 Å². The summed E-state index contributed by atoms with van der Waals surface area (Å²) in [7, 11) is 3.12. The second kappa shape index (κ2) is 7.31. The molecule has 0 spiro atoms. The molecular weight excluding hydrogens is 322 g/mol. The zero-order chi connectivity index (χ0) is 18.0. The Balaban J connectivity index is 1.70. The SMILES string of the molecule is COc1cc(OC)cc(N2CC(C(=O)NC(CN)C3CC3)CC2=O)c1. The average Bonchev–Trinajstić information content (AvgIpc) is 3.40. The van der Waals surface area contributed by atoms with Crippen molar-refractivity contribution in [1.82, 2.24) is 5.32 Å². The van der Waals surface area contributed by atoms with E-state index in [0.717, 1.165) is 12.8 Å².